The fourth-order valence-electron chi connectivity index (χ4n) is 6.87. The average molecular weight is 697 g/mol. The van der Waals surface area contributed by atoms with Crippen molar-refractivity contribution in [2.24, 2.45) is 11.5 Å². The zero-order valence-corrected chi connectivity index (χ0v) is 30.7. The molecular formula is C44H48N4O4. The van der Waals surface area contributed by atoms with Gasteiger partial charge in [-0.05, 0) is 135 Å². The smallest absolute Gasteiger partial charge is 0.126 e. The second-order valence-electron chi connectivity index (χ2n) is 13.1. The molecule has 0 atom stereocenters. The Morgan fingerprint density at radius 1 is 0.423 bits per heavy atom. The molecule has 8 bridgehead atoms. The average Bonchev–Trinajstić information content (AvgIpc) is 3.17. The lowest BCUT2D eigenvalue weighted by molar-refractivity contribution is 0.410. The molecule has 0 spiro atoms. The van der Waals surface area contributed by atoms with Crippen molar-refractivity contribution in [3.63, 3.8) is 0 Å². The molecule has 8 heteroatoms. The number of methoxy groups -OCH3 is 4. The van der Waals surface area contributed by atoms with Crippen LogP contribution in [0.15, 0.2) is 95.3 Å². The Kier molecular flexibility index (Phi) is 12.9. The second-order valence-corrected chi connectivity index (χ2v) is 13.1. The lowest BCUT2D eigenvalue weighted by atomic mass is 9.93. The van der Waals surface area contributed by atoms with Gasteiger partial charge in [0.1, 0.15) is 23.0 Å². The minimum atomic E-state index is 0.527. The summed E-state index contributed by atoms with van der Waals surface area (Å²) < 4.78 is 23.2. The highest BCUT2D eigenvalue weighted by molar-refractivity contribution is 5.78. The highest BCUT2D eigenvalue weighted by Crippen LogP contribution is 2.40. The molecule has 8 nitrogen and oxygen atoms in total. The standard InChI is InChI=1S/C44H48N4O4/c1-49-41-19-13-29-7-5-9-39(47)33(27-45)17-11-31-15-21-43(51-3)37(25-31)38-26-32(16-22-44(38)52-4)12-18-34(28-46)40(48)10-6-8-30-14-20-42(50-2)36(24-30)35(41)23-29/h13-16,19-26H,5-12,17-18,47-48H2,1-4H3/b39-33+,40-34+. The van der Waals surface area contributed by atoms with E-state index in [-0.39, 0.29) is 0 Å². The minimum absolute atomic E-state index is 0.527. The number of nitrogens with two attached hydrogens (primary N) is 2. The van der Waals surface area contributed by atoms with Crippen molar-refractivity contribution in [2.45, 2.75) is 64.2 Å². The Labute approximate surface area is 307 Å². The molecule has 0 fully saturated rings. The van der Waals surface area contributed by atoms with Crippen molar-refractivity contribution in [1.82, 2.24) is 0 Å². The maximum absolute atomic E-state index is 10.1. The fraction of sp³-hybridized carbons (Fsp3) is 0.318. The van der Waals surface area contributed by atoms with Crippen LogP contribution in [0, 0.1) is 22.7 Å². The summed E-state index contributed by atoms with van der Waals surface area (Å²) in [5, 5.41) is 20.2. The SMILES string of the molecule is COc1ccc2cc1-c1cc(ccc1OC)CCC/C(N)=C(\C#N)CCc1ccc(OC)c(c1)-c1cc(ccc1OC)CC/C(C#N)=C(\N)CCC2. The van der Waals surface area contributed by atoms with Crippen LogP contribution in [0.3, 0.4) is 0 Å². The summed E-state index contributed by atoms with van der Waals surface area (Å²) in [6.07, 6.45) is 6.73. The summed E-state index contributed by atoms with van der Waals surface area (Å²) in [5.41, 5.74) is 23.7. The van der Waals surface area contributed by atoms with E-state index in [2.05, 4.69) is 48.5 Å². The molecule has 0 saturated carbocycles. The van der Waals surface area contributed by atoms with Crippen LogP contribution >= 0.6 is 0 Å². The molecule has 52 heavy (non-hydrogen) atoms. The van der Waals surface area contributed by atoms with Crippen molar-refractivity contribution >= 4 is 0 Å². The van der Waals surface area contributed by atoms with Gasteiger partial charge < -0.3 is 30.4 Å². The summed E-state index contributed by atoms with van der Waals surface area (Å²) in [4.78, 5) is 0. The van der Waals surface area contributed by atoms with Gasteiger partial charge in [-0.25, -0.2) is 0 Å². The number of nitrogens with zero attached hydrogens (tertiary/aromatic N) is 2. The van der Waals surface area contributed by atoms with Crippen molar-refractivity contribution in [2.75, 3.05) is 28.4 Å². The molecule has 0 amide bonds. The van der Waals surface area contributed by atoms with Gasteiger partial charge in [-0.1, -0.05) is 24.3 Å². The lowest BCUT2D eigenvalue weighted by Gasteiger charge is -2.16. The highest BCUT2D eigenvalue weighted by Gasteiger charge is 2.17. The van der Waals surface area contributed by atoms with Gasteiger partial charge in [0, 0.05) is 44.8 Å². The number of benzene rings is 4. The van der Waals surface area contributed by atoms with Crippen LogP contribution in [0.5, 0.6) is 23.0 Å². The summed E-state index contributed by atoms with van der Waals surface area (Å²) in [5.74, 6) is 2.95. The number of nitriles is 2. The van der Waals surface area contributed by atoms with E-state index in [4.69, 9.17) is 30.4 Å². The summed E-state index contributed by atoms with van der Waals surface area (Å²) in [6.45, 7) is 0. The maximum Gasteiger partial charge on any atom is 0.126 e. The van der Waals surface area contributed by atoms with E-state index in [1.165, 1.54) is 0 Å². The fourth-order valence-corrected chi connectivity index (χ4v) is 6.87. The second kappa shape index (κ2) is 17.9. The lowest BCUT2D eigenvalue weighted by Crippen LogP contribution is -2.05. The van der Waals surface area contributed by atoms with Crippen LogP contribution < -0.4 is 30.4 Å². The first-order chi connectivity index (χ1) is 25.3. The largest absolute Gasteiger partial charge is 0.496 e. The number of hydrogen-bond acceptors (Lipinski definition) is 8. The third-order valence-electron chi connectivity index (χ3n) is 9.83. The minimum Gasteiger partial charge on any atom is -0.496 e. The van der Waals surface area contributed by atoms with Crippen LogP contribution in [0.25, 0.3) is 22.3 Å². The van der Waals surface area contributed by atoms with E-state index in [0.717, 1.165) is 93.2 Å². The molecule has 1 aliphatic carbocycles. The first-order valence-corrected chi connectivity index (χ1v) is 17.8. The first kappa shape index (κ1) is 37.4. The molecule has 0 aliphatic heterocycles. The third-order valence-corrected chi connectivity index (χ3v) is 9.83. The number of rotatable bonds is 4. The van der Waals surface area contributed by atoms with Crippen LogP contribution in [0.4, 0.5) is 0 Å². The maximum atomic E-state index is 10.1. The predicted molar refractivity (Wildman–Crippen MR) is 206 cm³/mol. The normalized spacial score (nSPS) is 17.3. The third kappa shape index (κ3) is 8.89. The number of fused-ring (bicyclic) bond motifs is 10. The molecule has 268 valence electrons. The molecule has 0 aromatic heterocycles. The van der Waals surface area contributed by atoms with Gasteiger partial charge in [-0.15, -0.1) is 0 Å². The van der Waals surface area contributed by atoms with Gasteiger partial charge in [0.05, 0.1) is 40.6 Å². The molecule has 5 rings (SSSR count). The van der Waals surface area contributed by atoms with Gasteiger partial charge >= 0.3 is 0 Å². The Hall–Kier alpha value is -5.86. The Bertz CT molecular complexity index is 1900. The Morgan fingerprint density at radius 2 is 0.712 bits per heavy atom. The molecule has 0 saturated heterocycles. The Morgan fingerprint density at radius 3 is 0.981 bits per heavy atom. The number of hydrogen-bond donors (Lipinski definition) is 2. The monoisotopic (exact) mass is 696 g/mol. The van der Waals surface area contributed by atoms with Crippen LogP contribution in [0.2, 0.25) is 0 Å². The van der Waals surface area contributed by atoms with E-state index < -0.39 is 0 Å². The number of allylic oxidation sites excluding steroid dienone is 4. The zero-order chi connectivity index (χ0) is 37.0. The van der Waals surface area contributed by atoms with Gasteiger partial charge in [-0.2, -0.15) is 10.5 Å². The predicted octanol–water partition coefficient (Wildman–Crippen LogP) is 8.75. The molecule has 4 aromatic rings. The number of ether oxygens (including phenoxy) is 4. The number of aryl methyl sites for hydroxylation is 4. The first-order valence-electron chi connectivity index (χ1n) is 17.8. The van der Waals surface area contributed by atoms with E-state index >= 15 is 0 Å². The zero-order valence-electron chi connectivity index (χ0n) is 30.7. The van der Waals surface area contributed by atoms with Crippen molar-refractivity contribution in [3.05, 3.63) is 118 Å². The van der Waals surface area contributed by atoms with E-state index in [9.17, 15) is 10.5 Å². The van der Waals surface area contributed by atoms with Gasteiger partial charge in [0.15, 0.2) is 0 Å². The molecule has 0 unspecified atom stereocenters. The van der Waals surface area contributed by atoms with Crippen LogP contribution in [0.1, 0.15) is 60.8 Å². The quantitative estimate of drug-likeness (QED) is 0.216. The van der Waals surface area contributed by atoms with Crippen LogP contribution in [-0.2, 0) is 25.7 Å². The molecule has 0 heterocycles. The molecular weight excluding hydrogens is 649 g/mol. The molecule has 4 N–H and O–H groups in total. The Balaban J connectivity index is 1.53. The van der Waals surface area contributed by atoms with Gasteiger partial charge in [0.2, 0.25) is 0 Å². The van der Waals surface area contributed by atoms with Gasteiger partial charge in [0.25, 0.3) is 0 Å². The van der Waals surface area contributed by atoms with Crippen molar-refractivity contribution < 1.29 is 18.9 Å². The van der Waals surface area contributed by atoms with Gasteiger partial charge in [-0.3, -0.25) is 0 Å². The van der Waals surface area contributed by atoms with Crippen LogP contribution in [-0.4, -0.2) is 28.4 Å². The summed E-state index contributed by atoms with van der Waals surface area (Å²) in [7, 11) is 6.66. The summed E-state index contributed by atoms with van der Waals surface area (Å²) >= 11 is 0. The highest BCUT2D eigenvalue weighted by atomic mass is 16.5. The van der Waals surface area contributed by atoms with Crippen molar-refractivity contribution in [1.29, 1.82) is 10.5 Å². The molecule has 4 aromatic carbocycles. The van der Waals surface area contributed by atoms with E-state index in [1.807, 2.05) is 36.4 Å². The van der Waals surface area contributed by atoms with E-state index in [1.54, 1.807) is 28.4 Å². The topological polar surface area (TPSA) is 137 Å². The van der Waals surface area contributed by atoms with Crippen molar-refractivity contribution in [3.8, 4) is 57.4 Å². The summed E-state index contributed by atoms with van der Waals surface area (Å²) in [6, 6.07) is 29.3. The van der Waals surface area contributed by atoms with E-state index in [0.29, 0.717) is 61.1 Å². The molecule has 1 aliphatic rings. The molecule has 0 radical (unpaired) electrons.